The number of hydrogen-bond donors (Lipinski definition) is 1. The van der Waals surface area contributed by atoms with Crippen molar-refractivity contribution in [2.24, 2.45) is 0 Å². The van der Waals surface area contributed by atoms with Crippen LogP contribution in [-0.4, -0.2) is 48.4 Å². The van der Waals surface area contributed by atoms with Crippen molar-refractivity contribution in [3.05, 3.63) is 72.4 Å². The second-order valence-corrected chi connectivity index (χ2v) is 11.4. The number of carbonyl (C=O) groups is 3. The molecule has 8 nitrogen and oxygen atoms in total. The number of carboxylic acid groups (broad SMARTS) is 1. The largest absolute Gasteiger partial charge is 0.489 e. The Balaban J connectivity index is 1.97. The van der Waals surface area contributed by atoms with E-state index in [1.54, 1.807) is 6.08 Å². The molecule has 0 aromatic heterocycles. The van der Waals surface area contributed by atoms with Crippen LogP contribution in [0.4, 0.5) is 0 Å². The number of fused-ring (bicyclic) bond motifs is 2. The molecule has 0 saturated carbocycles. The average Bonchev–Trinajstić information content (AvgIpc) is 3.05. The molecule has 244 valence electrons. The molecule has 2 aromatic carbocycles. The number of hydrogen-bond acceptors (Lipinski definition) is 7. The van der Waals surface area contributed by atoms with Gasteiger partial charge in [-0.3, -0.25) is 0 Å². The number of unbranched alkanes of at least 4 members (excludes halogenated alkanes) is 6. The minimum Gasteiger partial charge on any atom is -0.489 e. The third-order valence-corrected chi connectivity index (χ3v) is 8.01. The van der Waals surface area contributed by atoms with Gasteiger partial charge in [0.1, 0.15) is 36.9 Å². The summed E-state index contributed by atoms with van der Waals surface area (Å²) in [5.74, 6) is -0.810. The number of rotatable bonds is 21. The highest BCUT2D eigenvalue weighted by atomic mass is 16.6. The lowest BCUT2D eigenvalue weighted by atomic mass is 9.87. The molecule has 1 aliphatic carbocycles. The average molecular weight is 621 g/mol. The van der Waals surface area contributed by atoms with E-state index in [-0.39, 0.29) is 25.2 Å². The van der Waals surface area contributed by atoms with Crippen LogP contribution in [-0.2, 0) is 36.7 Å². The lowest BCUT2D eigenvalue weighted by molar-refractivity contribution is -0.145. The molecule has 1 N–H and O–H groups in total. The van der Waals surface area contributed by atoms with Crippen molar-refractivity contribution in [1.82, 2.24) is 0 Å². The van der Waals surface area contributed by atoms with Crippen molar-refractivity contribution in [2.45, 2.75) is 103 Å². The number of carbonyl (C=O) groups excluding carboxylic acids is 2. The van der Waals surface area contributed by atoms with Crippen molar-refractivity contribution in [2.75, 3.05) is 13.2 Å². The molecule has 0 bridgehead atoms. The minimum absolute atomic E-state index is 0.117. The van der Waals surface area contributed by atoms with E-state index in [1.807, 2.05) is 24.3 Å². The number of esters is 2. The van der Waals surface area contributed by atoms with Crippen molar-refractivity contribution >= 4 is 28.7 Å². The van der Waals surface area contributed by atoms with Gasteiger partial charge in [-0.15, -0.1) is 0 Å². The molecule has 0 spiro atoms. The first-order chi connectivity index (χ1) is 21.8. The fourth-order valence-electron chi connectivity index (χ4n) is 5.59. The van der Waals surface area contributed by atoms with Crippen LogP contribution >= 0.6 is 0 Å². The normalized spacial score (nSPS) is 13.6. The molecule has 3 rings (SSSR count). The van der Waals surface area contributed by atoms with Gasteiger partial charge >= 0.3 is 17.9 Å². The fourth-order valence-corrected chi connectivity index (χ4v) is 5.59. The maximum absolute atomic E-state index is 12.1. The van der Waals surface area contributed by atoms with E-state index in [2.05, 4.69) is 27.0 Å². The molecule has 8 heteroatoms. The van der Waals surface area contributed by atoms with Crippen LogP contribution in [0.3, 0.4) is 0 Å². The predicted octanol–water partition coefficient (Wildman–Crippen LogP) is 7.84. The fraction of sp³-hybridized carbons (Fsp3) is 0.486. The highest BCUT2D eigenvalue weighted by molar-refractivity contribution is 5.98. The van der Waals surface area contributed by atoms with E-state index in [4.69, 9.17) is 18.9 Å². The van der Waals surface area contributed by atoms with Gasteiger partial charge in [0.25, 0.3) is 0 Å². The van der Waals surface area contributed by atoms with Crippen LogP contribution in [0.2, 0.25) is 0 Å². The Bertz CT molecular complexity index is 1360. The smallest absolute Gasteiger partial charge is 0.331 e. The molecular formula is C37H48O8. The van der Waals surface area contributed by atoms with E-state index in [9.17, 15) is 19.5 Å². The third-order valence-electron chi connectivity index (χ3n) is 8.01. The van der Waals surface area contributed by atoms with Crippen LogP contribution in [0.1, 0.15) is 89.2 Å². The summed E-state index contributed by atoms with van der Waals surface area (Å²) in [6.45, 7) is 11.6. The van der Waals surface area contributed by atoms with Gasteiger partial charge in [0, 0.05) is 46.0 Å². The van der Waals surface area contributed by atoms with Gasteiger partial charge in [-0.2, -0.15) is 0 Å². The molecule has 0 heterocycles. The first-order valence-corrected chi connectivity index (χ1v) is 16.2. The summed E-state index contributed by atoms with van der Waals surface area (Å²) >= 11 is 0. The molecule has 0 fully saturated rings. The van der Waals surface area contributed by atoms with Crippen LogP contribution in [0.25, 0.3) is 10.8 Å². The van der Waals surface area contributed by atoms with Crippen LogP contribution < -0.4 is 9.47 Å². The van der Waals surface area contributed by atoms with E-state index in [0.717, 1.165) is 85.4 Å². The number of aliphatic carboxylic acids is 1. The van der Waals surface area contributed by atoms with Crippen molar-refractivity contribution < 1.29 is 38.4 Å². The van der Waals surface area contributed by atoms with Gasteiger partial charge in [-0.25, -0.2) is 14.4 Å². The summed E-state index contributed by atoms with van der Waals surface area (Å²) in [5, 5.41) is 11.4. The summed E-state index contributed by atoms with van der Waals surface area (Å²) < 4.78 is 24.2. The molecule has 0 amide bonds. The van der Waals surface area contributed by atoms with Gasteiger partial charge in [0.2, 0.25) is 0 Å². The van der Waals surface area contributed by atoms with Crippen molar-refractivity contribution in [3.63, 3.8) is 0 Å². The Morgan fingerprint density at radius 3 is 1.71 bits per heavy atom. The number of carboxylic acids is 1. The molecule has 0 radical (unpaired) electrons. The van der Waals surface area contributed by atoms with Crippen LogP contribution in [0, 0.1) is 0 Å². The summed E-state index contributed by atoms with van der Waals surface area (Å²) in [7, 11) is 0. The maximum atomic E-state index is 12.1. The number of allylic oxidation sites excluding steroid dienone is 1. The zero-order valence-corrected chi connectivity index (χ0v) is 26.8. The van der Waals surface area contributed by atoms with Gasteiger partial charge < -0.3 is 24.1 Å². The molecule has 2 aromatic rings. The highest BCUT2D eigenvalue weighted by Gasteiger charge is 2.28. The molecule has 45 heavy (non-hydrogen) atoms. The summed E-state index contributed by atoms with van der Waals surface area (Å²) in [4.78, 5) is 36.3. The van der Waals surface area contributed by atoms with E-state index >= 15 is 0 Å². The zero-order valence-electron chi connectivity index (χ0n) is 26.8. The molecule has 2 unspecified atom stereocenters. The standard InChI is InChI=1S/C37H48O8/c1-5-9-11-13-17-27(44-33(38)7-3)24-42-35-29-19-15-16-20-30(29)36(32-23-26(37(40)41)21-22-31(32)35)43-25-28(45-34(39)8-4)18-14-12-10-6-2/h7-8,15-16,19-21,27-28H,3-6,9-14,17-18,22-25H2,1-2H3,(H,40,41). The lowest BCUT2D eigenvalue weighted by Gasteiger charge is -2.27. The van der Waals surface area contributed by atoms with Crippen molar-refractivity contribution in [1.29, 1.82) is 0 Å². The summed E-state index contributed by atoms with van der Waals surface area (Å²) in [6, 6.07) is 7.67. The van der Waals surface area contributed by atoms with Crippen LogP contribution in [0.15, 0.2) is 61.2 Å². The van der Waals surface area contributed by atoms with Crippen LogP contribution in [0.5, 0.6) is 11.5 Å². The molecule has 2 atom stereocenters. The predicted molar refractivity (Wildman–Crippen MR) is 176 cm³/mol. The van der Waals surface area contributed by atoms with E-state index in [1.165, 1.54) is 0 Å². The quantitative estimate of drug-likeness (QED) is 0.0854. The summed E-state index contributed by atoms with van der Waals surface area (Å²) in [5.41, 5.74) is 1.83. The first-order valence-electron chi connectivity index (χ1n) is 16.2. The monoisotopic (exact) mass is 620 g/mol. The Labute approximate surface area is 267 Å². The number of benzene rings is 2. The Kier molecular flexibility index (Phi) is 14.7. The molecule has 0 saturated heterocycles. The SMILES string of the molecule is C=CC(=O)OC(CCCCCC)COc1c2c(c(OCC(CCCCCC)OC(=O)C=C)c3ccccc13)CC(C(=O)O)=CC2. The third kappa shape index (κ3) is 10.5. The second kappa shape index (κ2) is 18.7. The zero-order chi connectivity index (χ0) is 32.6. The minimum atomic E-state index is -0.987. The Morgan fingerprint density at radius 1 is 0.778 bits per heavy atom. The van der Waals surface area contributed by atoms with Gasteiger partial charge in [-0.05, 0) is 32.1 Å². The van der Waals surface area contributed by atoms with E-state index in [0.29, 0.717) is 30.8 Å². The van der Waals surface area contributed by atoms with Gasteiger partial charge in [0.15, 0.2) is 0 Å². The number of ether oxygens (including phenoxy) is 4. The van der Waals surface area contributed by atoms with E-state index < -0.39 is 30.1 Å². The van der Waals surface area contributed by atoms with Gasteiger partial charge in [0.05, 0.1) is 0 Å². The van der Waals surface area contributed by atoms with Crippen molar-refractivity contribution in [3.8, 4) is 11.5 Å². The molecule has 1 aliphatic rings. The molecule has 0 aliphatic heterocycles. The highest BCUT2D eigenvalue weighted by Crippen LogP contribution is 2.44. The summed E-state index contributed by atoms with van der Waals surface area (Å²) in [6.07, 6.45) is 13.1. The topological polar surface area (TPSA) is 108 Å². The Morgan fingerprint density at radius 2 is 1.27 bits per heavy atom. The van der Waals surface area contributed by atoms with Gasteiger partial charge in [-0.1, -0.05) is 95.9 Å². The maximum Gasteiger partial charge on any atom is 0.331 e. The second-order valence-electron chi connectivity index (χ2n) is 11.4. The lowest BCUT2D eigenvalue weighted by Crippen LogP contribution is -2.26. The molecular weight excluding hydrogens is 572 g/mol. The Hall–Kier alpha value is -4.07. The first kappa shape index (κ1) is 35.4.